The molecule has 0 saturated heterocycles. The van der Waals surface area contributed by atoms with Crippen LogP contribution in [0.1, 0.15) is 0 Å². The molecule has 1 aromatic heterocycles. The molecule has 1 N–H and O–H groups in total. The Morgan fingerprint density at radius 2 is 2.15 bits per heavy atom. The minimum atomic E-state index is 0. The van der Waals surface area contributed by atoms with Gasteiger partial charge in [0.25, 0.3) is 0 Å². The molecule has 0 unspecified atom stereocenters. The fraction of sp³-hybridized carbons (Fsp3) is 0.100. The number of aromatic nitrogens is 2. The number of nitrogens with zero attached hydrogens (tertiary/aromatic N) is 1. The molecule has 1 heterocycles. The monoisotopic (exact) mass is 236 g/mol. The molecule has 2 rings (SSSR count). The molecule has 0 amide bonds. The van der Waals surface area contributed by atoms with Crippen molar-refractivity contribution < 1.29 is 21.5 Å². The molecular weight excluding hydrogens is 228 g/mol. The number of imidazole rings is 1. The highest BCUT2D eigenvalue weighted by Crippen LogP contribution is 2.04. The number of hydrogen-bond donors (Lipinski definition) is 1. The lowest BCUT2D eigenvalue weighted by atomic mass is 10.3. The van der Waals surface area contributed by atoms with Crippen molar-refractivity contribution in [1.29, 1.82) is 0 Å². The van der Waals surface area contributed by atoms with Crippen LogP contribution in [0.5, 0.6) is 0 Å². The number of fused-ring (bicyclic) bond motifs is 1. The number of aromatic amines is 1. The lowest BCUT2D eigenvalue weighted by molar-refractivity contribution is -0.658. The summed E-state index contributed by atoms with van der Waals surface area (Å²) in [7, 11) is 0. The second kappa shape index (κ2) is 4.11. The Morgan fingerprint density at radius 1 is 1.38 bits per heavy atom. The van der Waals surface area contributed by atoms with Gasteiger partial charge in [-0.1, -0.05) is 18.1 Å². The molecule has 0 aliphatic rings. The molecule has 3 heteroatoms. The number of rotatable bonds is 1. The first-order valence-electron chi connectivity index (χ1n) is 3.81. The van der Waals surface area contributed by atoms with E-state index in [4.69, 9.17) is 6.42 Å². The third kappa shape index (κ3) is 1.73. The SMILES string of the molecule is C#CC[n+]1c[nH]c2ccccc21.[Br-]. The third-order valence-corrected chi connectivity index (χ3v) is 1.85. The second-order valence-electron chi connectivity index (χ2n) is 2.62. The number of H-pyrrole nitrogens is 1. The van der Waals surface area contributed by atoms with Crippen LogP contribution in [0.15, 0.2) is 30.6 Å². The number of nitrogens with one attached hydrogen (secondary N) is 1. The van der Waals surface area contributed by atoms with E-state index in [0.29, 0.717) is 6.54 Å². The van der Waals surface area contributed by atoms with Gasteiger partial charge in [-0.2, -0.15) is 0 Å². The number of terminal acetylenes is 1. The summed E-state index contributed by atoms with van der Waals surface area (Å²) >= 11 is 0. The highest BCUT2D eigenvalue weighted by molar-refractivity contribution is 5.70. The van der Waals surface area contributed by atoms with Crippen molar-refractivity contribution in [3.05, 3.63) is 30.6 Å². The van der Waals surface area contributed by atoms with Crippen molar-refractivity contribution in [2.24, 2.45) is 0 Å². The van der Waals surface area contributed by atoms with Gasteiger partial charge in [-0.25, -0.2) is 9.55 Å². The molecule has 0 atom stereocenters. The molecule has 0 radical (unpaired) electrons. The van der Waals surface area contributed by atoms with Crippen LogP contribution in [0.4, 0.5) is 0 Å². The molecule has 2 nitrogen and oxygen atoms in total. The van der Waals surface area contributed by atoms with Crippen LogP contribution in [-0.4, -0.2) is 4.98 Å². The first kappa shape index (κ1) is 9.82. The highest BCUT2D eigenvalue weighted by Gasteiger charge is 2.05. The first-order valence-corrected chi connectivity index (χ1v) is 3.81. The van der Waals surface area contributed by atoms with Gasteiger partial charge in [0.15, 0.2) is 17.6 Å². The van der Waals surface area contributed by atoms with Gasteiger partial charge in [-0.15, -0.1) is 6.42 Å². The third-order valence-electron chi connectivity index (χ3n) is 1.85. The van der Waals surface area contributed by atoms with Gasteiger partial charge in [-0.3, -0.25) is 0 Å². The Labute approximate surface area is 87.4 Å². The van der Waals surface area contributed by atoms with Crippen LogP contribution in [0.3, 0.4) is 0 Å². The van der Waals surface area contributed by atoms with Crippen molar-refractivity contribution in [3.8, 4) is 12.3 Å². The highest BCUT2D eigenvalue weighted by atomic mass is 79.9. The van der Waals surface area contributed by atoms with E-state index < -0.39 is 0 Å². The van der Waals surface area contributed by atoms with Crippen molar-refractivity contribution in [2.45, 2.75) is 6.54 Å². The number of halogens is 1. The average molecular weight is 237 g/mol. The summed E-state index contributed by atoms with van der Waals surface area (Å²) in [4.78, 5) is 3.14. The maximum absolute atomic E-state index is 5.23. The first-order chi connectivity index (χ1) is 5.92. The van der Waals surface area contributed by atoms with E-state index in [-0.39, 0.29) is 17.0 Å². The van der Waals surface area contributed by atoms with Gasteiger partial charge in [0, 0.05) is 0 Å². The summed E-state index contributed by atoms with van der Waals surface area (Å²) in [6, 6.07) is 8.08. The van der Waals surface area contributed by atoms with Crippen LogP contribution in [0.25, 0.3) is 11.0 Å². The van der Waals surface area contributed by atoms with Crippen LogP contribution >= 0.6 is 0 Å². The number of benzene rings is 1. The zero-order valence-electron chi connectivity index (χ0n) is 7.00. The smallest absolute Gasteiger partial charge is 0.243 e. The van der Waals surface area contributed by atoms with Gasteiger partial charge in [-0.05, 0) is 12.1 Å². The zero-order valence-corrected chi connectivity index (χ0v) is 8.58. The van der Waals surface area contributed by atoms with Crippen LogP contribution in [0.2, 0.25) is 0 Å². The van der Waals surface area contributed by atoms with Gasteiger partial charge in [0.05, 0.1) is 0 Å². The standard InChI is InChI=1S/C10H8N2.BrH/c1-2-7-12-8-11-9-5-3-4-6-10(9)12;/h1,3-6,8H,7H2;1H. The summed E-state index contributed by atoms with van der Waals surface area (Å²) < 4.78 is 2.01. The van der Waals surface area contributed by atoms with Crippen molar-refractivity contribution in [3.63, 3.8) is 0 Å². The molecule has 13 heavy (non-hydrogen) atoms. The predicted octanol–water partition coefficient (Wildman–Crippen LogP) is -1.91. The summed E-state index contributed by atoms with van der Waals surface area (Å²) in [6.45, 7) is 0.615. The largest absolute Gasteiger partial charge is 1.00 e. The van der Waals surface area contributed by atoms with Crippen molar-refractivity contribution >= 4 is 11.0 Å². The topological polar surface area (TPSA) is 19.7 Å². The molecule has 0 saturated carbocycles. The van der Waals surface area contributed by atoms with Gasteiger partial charge >= 0.3 is 0 Å². The molecule has 1 aromatic carbocycles. The molecule has 66 valence electrons. The Bertz CT molecular complexity index is 439. The lowest BCUT2D eigenvalue weighted by Gasteiger charge is -1.87. The minimum absolute atomic E-state index is 0. The van der Waals surface area contributed by atoms with Crippen molar-refractivity contribution in [1.82, 2.24) is 4.98 Å². The Kier molecular flexibility index (Phi) is 3.10. The molecule has 0 bridgehead atoms. The summed E-state index contributed by atoms with van der Waals surface area (Å²) in [5.41, 5.74) is 2.27. The molecule has 2 aromatic rings. The normalized spacial score (nSPS) is 9.15. The van der Waals surface area contributed by atoms with E-state index in [1.165, 1.54) is 0 Å². The predicted molar refractivity (Wildman–Crippen MR) is 47.3 cm³/mol. The summed E-state index contributed by atoms with van der Waals surface area (Å²) in [5, 5.41) is 0. The maximum Gasteiger partial charge on any atom is 0.243 e. The Morgan fingerprint density at radius 3 is 2.92 bits per heavy atom. The molecule has 0 spiro atoms. The summed E-state index contributed by atoms with van der Waals surface area (Å²) in [6.07, 6.45) is 7.12. The molecule has 0 aliphatic heterocycles. The summed E-state index contributed by atoms with van der Waals surface area (Å²) in [5.74, 6) is 2.61. The van der Waals surface area contributed by atoms with E-state index in [0.717, 1.165) is 11.0 Å². The van der Waals surface area contributed by atoms with E-state index in [1.807, 2.05) is 35.2 Å². The van der Waals surface area contributed by atoms with E-state index >= 15 is 0 Å². The second-order valence-corrected chi connectivity index (χ2v) is 2.62. The van der Waals surface area contributed by atoms with Gasteiger partial charge in [0.1, 0.15) is 0 Å². The molecule has 0 fully saturated rings. The quantitative estimate of drug-likeness (QED) is 0.441. The number of para-hydroxylation sites is 2. The van der Waals surface area contributed by atoms with Gasteiger partial charge in [0.2, 0.25) is 6.33 Å². The lowest BCUT2D eigenvalue weighted by Crippen LogP contribution is -3.00. The van der Waals surface area contributed by atoms with Crippen molar-refractivity contribution in [2.75, 3.05) is 0 Å². The van der Waals surface area contributed by atoms with Gasteiger partial charge < -0.3 is 17.0 Å². The fourth-order valence-electron chi connectivity index (χ4n) is 1.29. The fourth-order valence-corrected chi connectivity index (χ4v) is 1.29. The average Bonchev–Trinajstić information content (AvgIpc) is 2.50. The zero-order chi connectivity index (χ0) is 8.39. The maximum atomic E-state index is 5.23. The van der Waals surface area contributed by atoms with Crippen LogP contribution < -0.4 is 21.5 Å². The molecule has 0 aliphatic carbocycles. The van der Waals surface area contributed by atoms with E-state index in [1.54, 1.807) is 0 Å². The van der Waals surface area contributed by atoms with E-state index in [9.17, 15) is 0 Å². The van der Waals surface area contributed by atoms with Crippen LogP contribution in [-0.2, 0) is 6.54 Å². The Balaban J connectivity index is 0.000000845. The Hall–Kier alpha value is -1.27. The molecular formula is C10H9BrN2. The van der Waals surface area contributed by atoms with Crippen LogP contribution in [0, 0.1) is 12.3 Å². The minimum Gasteiger partial charge on any atom is -1.00 e. The number of hydrogen-bond acceptors (Lipinski definition) is 0. The van der Waals surface area contributed by atoms with E-state index in [2.05, 4.69) is 10.9 Å².